The first-order chi connectivity index (χ1) is 12.2. The SMILES string of the molecule is C[C@@H](C(=O)Nc1ccccc1C#N)N1CCC(N2CCCCC2)CC1. The lowest BCUT2D eigenvalue weighted by Gasteiger charge is -2.41. The molecule has 1 aromatic carbocycles. The van der Waals surface area contributed by atoms with Gasteiger partial charge >= 0.3 is 0 Å². The summed E-state index contributed by atoms with van der Waals surface area (Å²) in [7, 11) is 0. The first-order valence-corrected chi connectivity index (χ1v) is 9.47. The van der Waals surface area contributed by atoms with Gasteiger partial charge in [0.05, 0.1) is 17.3 Å². The third-order valence-corrected chi connectivity index (χ3v) is 5.64. The zero-order valence-corrected chi connectivity index (χ0v) is 15.1. The van der Waals surface area contributed by atoms with Crippen molar-refractivity contribution in [2.24, 2.45) is 0 Å². The summed E-state index contributed by atoms with van der Waals surface area (Å²) in [6.07, 6.45) is 6.32. The number of para-hydroxylation sites is 1. The Labute approximate surface area is 150 Å². The molecule has 0 aromatic heterocycles. The molecule has 0 radical (unpaired) electrons. The Hall–Kier alpha value is -1.90. The minimum atomic E-state index is -0.172. The molecule has 0 aliphatic carbocycles. The van der Waals surface area contributed by atoms with Crippen molar-refractivity contribution in [2.45, 2.75) is 51.1 Å². The van der Waals surface area contributed by atoms with Crippen LogP contribution in [0.25, 0.3) is 0 Å². The van der Waals surface area contributed by atoms with Crippen LogP contribution in [0.4, 0.5) is 5.69 Å². The zero-order chi connectivity index (χ0) is 17.6. The van der Waals surface area contributed by atoms with Crippen LogP contribution in [-0.4, -0.2) is 54.0 Å². The molecule has 134 valence electrons. The predicted octanol–water partition coefficient (Wildman–Crippen LogP) is 2.84. The van der Waals surface area contributed by atoms with Crippen LogP contribution in [0.2, 0.25) is 0 Å². The van der Waals surface area contributed by atoms with Crippen LogP contribution < -0.4 is 5.32 Å². The summed E-state index contributed by atoms with van der Waals surface area (Å²) in [4.78, 5) is 17.5. The maximum absolute atomic E-state index is 12.6. The molecule has 0 bridgehead atoms. The Balaban J connectivity index is 1.52. The molecule has 2 fully saturated rings. The molecule has 1 aromatic rings. The molecule has 1 atom stereocenters. The first kappa shape index (κ1) is 17.9. The van der Waals surface area contributed by atoms with Crippen molar-refractivity contribution in [1.29, 1.82) is 5.26 Å². The van der Waals surface area contributed by atoms with E-state index in [4.69, 9.17) is 5.26 Å². The number of hydrogen-bond donors (Lipinski definition) is 1. The number of carbonyl (C=O) groups is 1. The standard InChI is InChI=1S/C20H28N4O/c1-16(20(25)22-19-8-4-3-7-17(19)15-21)23-13-9-18(10-14-23)24-11-5-2-6-12-24/h3-4,7-8,16,18H,2,5-6,9-14H2,1H3,(H,22,25)/t16-/m0/s1. The Morgan fingerprint density at radius 2 is 1.84 bits per heavy atom. The van der Waals surface area contributed by atoms with Crippen molar-refractivity contribution in [3.8, 4) is 6.07 Å². The summed E-state index contributed by atoms with van der Waals surface area (Å²) in [5.41, 5.74) is 1.11. The Morgan fingerprint density at radius 1 is 1.16 bits per heavy atom. The van der Waals surface area contributed by atoms with Gasteiger partial charge in [0.1, 0.15) is 6.07 Å². The first-order valence-electron chi connectivity index (χ1n) is 9.47. The van der Waals surface area contributed by atoms with E-state index in [0.717, 1.165) is 25.9 Å². The second-order valence-electron chi connectivity index (χ2n) is 7.19. The van der Waals surface area contributed by atoms with E-state index in [1.807, 2.05) is 19.1 Å². The molecule has 2 aliphatic rings. The molecule has 1 amide bonds. The quantitative estimate of drug-likeness (QED) is 0.916. The topological polar surface area (TPSA) is 59.4 Å². The molecule has 3 rings (SSSR count). The fourth-order valence-electron chi connectivity index (χ4n) is 4.01. The summed E-state index contributed by atoms with van der Waals surface area (Å²) in [5, 5.41) is 12.1. The van der Waals surface area contributed by atoms with Crippen LogP contribution in [0.1, 0.15) is 44.6 Å². The molecule has 25 heavy (non-hydrogen) atoms. The van der Waals surface area contributed by atoms with Gasteiger partial charge in [-0.05, 0) is 57.8 Å². The number of carbonyl (C=O) groups excluding carboxylic acids is 1. The maximum atomic E-state index is 12.6. The average Bonchev–Trinajstić information content (AvgIpc) is 2.68. The molecule has 5 heteroatoms. The van der Waals surface area contributed by atoms with Gasteiger partial charge in [-0.3, -0.25) is 9.69 Å². The Morgan fingerprint density at radius 3 is 2.52 bits per heavy atom. The van der Waals surface area contributed by atoms with E-state index in [0.29, 0.717) is 17.3 Å². The van der Waals surface area contributed by atoms with Crippen LogP contribution >= 0.6 is 0 Å². The number of nitrogens with one attached hydrogen (secondary N) is 1. The van der Waals surface area contributed by atoms with Gasteiger partial charge < -0.3 is 10.2 Å². The molecule has 2 aliphatic heterocycles. The number of anilines is 1. The number of nitrogens with zero attached hydrogens (tertiary/aromatic N) is 3. The maximum Gasteiger partial charge on any atom is 0.241 e. The van der Waals surface area contributed by atoms with Gasteiger partial charge in [-0.25, -0.2) is 0 Å². The van der Waals surface area contributed by atoms with E-state index in [1.165, 1.54) is 32.4 Å². The van der Waals surface area contributed by atoms with Crippen LogP contribution in [0.3, 0.4) is 0 Å². The zero-order valence-electron chi connectivity index (χ0n) is 15.1. The molecule has 1 N–H and O–H groups in total. The van der Waals surface area contributed by atoms with Crippen LogP contribution in [0, 0.1) is 11.3 Å². The summed E-state index contributed by atoms with van der Waals surface area (Å²) in [5.74, 6) is -0.0286. The molecule has 0 unspecified atom stereocenters. The second kappa shape index (κ2) is 8.46. The van der Waals surface area contributed by atoms with E-state index in [-0.39, 0.29) is 11.9 Å². The fraction of sp³-hybridized carbons (Fsp3) is 0.600. The van der Waals surface area contributed by atoms with E-state index >= 15 is 0 Å². The summed E-state index contributed by atoms with van der Waals surface area (Å²) in [6, 6.07) is 9.80. The van der Waals surface area contributed by atoms with E-state index in [2.05, 4.69) is 21.2 Å². The highest BCUT2D eigenvalue weighted by molar-refractivity contribution is 5.95. The van der Waals surface area contributed by atoms with Crippen molar-refractivity contribution in [3.05, 3.63) is 29.8 Å². The van der Waals surface area contributed by atoms with Crippen molar-refractivity contribution in [3.63, 3.8) is 0 Å². The molecule has 0 saturated carbocycles. The van der Waals surface area contributed by atoms with Crippen molar-refractivity contribution < 1.29 is 4.79 Å². The highest BCUT2D eigenvalue weighted by atomic mass is 16.2. The van der Waals surface area contributed by atoms with Crippen molar-refractivity contribution in [2.75, 3.05) is 31.5 Å². The van der Waals surface area contributed by atoms with Gasteiger partial charge in [0.15, 0.2) is 0 Å². The van der Waals surface area contributed by atoms with Crippen molar-refractivity contribution >= 4 is 11.6 Å². The second-order valence-corrected chi connectivity index (χ2v) is 7.19. The van der Waals surface area contributed by atoms with Gasteiger partial charge in [0.25, 0.3) is 0 Å². The third kappa shape index (κ3) is 4.39. The summed E-state index contributed by atoms with van der Waals surface area (Å²) >= 11 is 0. The third-order valence-electron chi connectivity index (χ3n) is 5.64. The number of hydrogen-bond acceptors (Lipinski definition) is 4. The normalized spacial score (nSPS) is 21.4. The minimum Gasteiger partial charge on any atom is -0.324 e. The van der Waals surface area contributed by atoms with Crippen LogP contribution in [-0.2, 0) is 4.79 Å². The van der Waals surface area contributed by atoms with Gasteiger partial charge in [-0.15, -0.1) is 0 Å². The summed E-state index contributed by atoms with van der Waals surface area (Å²) in [6.45, 7) is 6.38. The fourth-order valence-corrected chi connectivity index (χ4v) is 4.01. The molecule has 5 nitrogen and oxygen atoms in total. The number of benzene rings is 1. The van der Waals surface area contributed by atoms with E-state index in [1.54, 1.807) is 12.1 Å². The van der Waals surface area contributed by atoms with E-state index < -0.39 is 0 Å². The molecule has 2 heterocycles. The monoisotopic (exact) mass is 340 g/mol. The molecular formula is C20H28N4O. The lowest BCUT2D eigenvalue weighted by atomic mass is 9.99. The largest absolute Gasteiger partial charge is 0.324 e. The van der Waals surface area contributed by atoms with Crippen molar-refractivity contribution in [1.82, 2.24) is 9.80 Å². The minimum absolute atomic E-state index is 0.0286. The molecular weight excluding hydrogens is 312 g/mol. The lowest BCUT2D eigenvalue weighted by Crippen LogP contribution is -2.51. The number of amides is 1. The average molecular weight is 340 g/mol. The van der Waals surface area contributed by atoms with Crippen LogP contribution in [0.15, 0.2) is 24.3 Å². The predicted molar refractivity (Wildman–Crippen MR) is 99.3 cm³/mol. The highest BCUT2D eigenvalue weighted by Gasteiger charge is 2.29. The van der Waals surface area contributed by atoms with E-state index in [9.17, 15) is 4.79 Å². The van der Waals surface area contributed by atoms with Crippen LogP contribution in [0.5, 0.6) is 0 Å². The number of nitriles is 1. The highest BCUT2D eigenvalue weighted by Crippen LogP contribution is 2.22. The smallest absolute Gasteiger partial charge is 0.241 e. The van der Waals surface area contributed by atoms with Gasteiger partial charge in [0.2, 0.25) is 5.91 Å². The molecule has 2 saturated heterocycles. The van der Waals surface area contributed by atoms with Gasteiger partial charge in [-0.1, -0.05) is 18.6 Å². The van der Waals surface area contributed by atoms with Gasteiger partial charge in [0, 0.05) is 19.1 Å². The molecule has 0 spiro atoms. The number of likely N-dealkylation sites (tertiary alicyclic amines) is 2. The number of rotatable bonds is 4. The van der Waals surface area contributed by atoms with Gasteiger partial charge in [-0.2, -0.15) is 5.26 Å². The lowest BCUT2D eigenvalue weighted by molar-refractivity contribution is -0.121. The Kier molecular flexibility index (Phi) is 6.06. The number of piperidine rings is 2. The summed E-state index contributed by atoms with van der Waals surface area (Å²) < 4.78 is 0. The Bertz CT molecular complexity index is 625.